The molecule has 76 valence electrons. The van der Waals surface area contributed by atoms with E-state index in [9.17, 15) is 0 Å². The molecule has 1 N–H and O–H groups in total. The molecule has 0 amide bonds. The summed E-state index contributed by atoms with van der Waals surface area (Å²) in [6.07, 6.45) is 1.35. The quantitative estimate of drug-likeness (QED) is 0.735. The van der Waals surface area contributed by atoms with Crippen molar-refractivity contribution in [1.82, 2.24) is 0 Å². The molecule has 0 spiro atoms. The molecule has 0 aliphatic carbocycles. The van der Waals surface area contributed by atoms with Crippen molar-refractivity contribution in [2.24, 2.45) is 0 Å². The Morgan fingerprint density at radius 2 is 2.00 bits per heavy atom. The van der Waals surface area contributed by atoms with Gasteiger partial charge in [-0.1, -0.05) is 12.1 Å². The van der Waals surface area contributed by atoms with Crippen LogP contribution >= 0.6 is 0 Å². The summed E-state index contributed by atoms with van der Waals surface area (Å²) in [7, 11) is 1.66. The maximum Gasteiger partial charge on any atom is 0.181 e. The number of ether oxygens (including phenoxy) is 2. The van der Waals surface area contributed by atoms with Crippen LogP contribution in [-0.4, -0.2) is 24.6 Å². The average molecular weight is 194 g/mol. The highest BCUT2D eigenvalue weighted by molar-refractivity contribution is 5.27. The highest BCUT2D eigenvalue weighted by atomic mass is 16.7. The first-order valence-corrected chi connectivity index (χ1v) is 4.76. The Balaban J connectivity index is 1.84. The molecule has 1 aliphatic heterocycles. The monoisotopic (exact) mass is 194 g/mol. The predicted molar refractivity (Wildman–Crippen MR) is 52.2 cm³/mol. The lowest BCUT2D eigenvalue weighted by Crippen LogP contribution is -1.95. The third kappa shape index (κ3) is 2.25. The molecule has 2 rings (SSSR count). The van der Waals surface area contributed by atoms with E-state index < -0.39 is 6.29 Å². The Labute approximate surface area is 83.3 Å². The van der Waals surface area contributed by atoms with E-state index in [1.165, 1.54) is 5.56 Å². The van der Waals surface area contributed by atoms with E-state index in [4.69, 9.17) is 14.6 Å². The fourth-order valence-corrected chi connectivity index (χ4v) is 1.45. The second kappa shape index (κ2) is 3.98. The number of aliphatic hydroxyl groups excluding tert-OH is 1. The summed E-state index contributed by atoms with van der Waals surface area (Å²) in [6.45, 7) is 0. The summed E-state index contributed by atoms with van der Waals surface area (Å²) >= 11 is 0. The molecule has 3 heteroatoms. The lowest BCUT2D eigenvalue weighted by Gasteiger charge is -2.01. The van der Waals surface area contributed by atoms with Crippen LogP contribution in [0.1, 0.15) is 12.0 Å². The molecule has 0 aromatic heterocycles. The number of hydrogen-bond acceptors (Lipinski definition) is 3. The maximum atomic E-state index is 8.94. The van der Waals surface area contributed by atoms with Crippen LogP contribution in [0, 0.1) is 0 Å². The lowest BCUT2D eigenvalue weighted by atomic mass is 10.1. The number of epoxide rings is 1. The summed E-state index contributed by atoms with van der Waals surface area (Å²) in [5, 5.41) is 8.94. The Kier molecular flexibility index (Phi) is 2.70. The van der Waals surface area contributed by atoms with Crippen LogP contribution in [0.15, 0.2) is 24.3 Å². The highest BCUT2D eigenvalue weighted by Crippen LogP contribution is 2.24. The number of aryl methyl sites for hydroxylation is 1. The van der Waals surface area contributed by atoms with Crippen molar-refractivity contribution in [2.45, 2.75) is 25.2 Å². The number of hydrogen-bond donors (Lipinski definition) is 1. The summed E-state index contributed by atoms with van der Waals surface area (Å²) in [6, 6.07) is 7.96. The normalized spacial score (nSPS) is 24.7. The zero-order chi connectivity index (χ0) is 9.97. The highest BCUT2D eigenvalue weighted by Gasteiger charge is 2.35. The molecule has 1 aliphatic rings. The molecular formula is C11H14O3. The summed E-state index contributed by atoms with van der Waals surface area (Å²) in [5.41, 5.74) is 1.24. The fourth-order valence-electron chi connectivity index (χ4n) is 1.45. The molecule has 1 fully saturated rings. The molecule has 1 saturated heterocycles. The molecule has 1 aromatic rings. The summed E-state index contributed by atoms with van der Waals surface area (Å²) in [4.78, 5) is 0. The van der Waals surface area contributed by atoms with E-state index >= 15 is 0 Å². The van der Waals surface area contributed by atoms with Crippen molar-refractivity contribution in [2.75, 3.05) is 7.11 Å². The van der Waals surface area contributed by atoms with E-state index in [1.54, 1.807) is 7.11 Å². The van der Waals surface area contributed by atoms with Crippen molar-refractivity contribution in [1.29, 1.82) is 0 Å². The molecule has 1 heterocycles. The molecule has 2 unspecified atom stereocenters. The zero-order valence-electron chi connectivity index (χ0n) is 8.14. The maximum absolute atomic E-state index is 8.94. The SMILES string of the molecule is COc1ccc(CCC2OC2O)cc1. The van der Waals surface area contributed by atoms with Crippen LogP contribution in [0.2, 0.25) is 0 Å². The second-order valence-electron chi connectivity index (χ2n) is 3.45. The van der Waals surface area contributed by atoms with Gasteiger partial charge in [0.15, 0.2) is 6.29 Å². The Hall–Kier alpha value is -1.06. The predicted octanol–water partition coefficient (Wildman–Crippen LogP) is 1.34. The smallest absolute Gasteiger partial charge is 0.181 e. The van der Waals surface area contributed by atoms with Gasteiger partial charge in [-0.2, -0.15) is 0 Å². The van der Waals surface area contributed by atoms with Gasteiger partial charge in [0, 0.05) is 0 Å². The van der Waals surface area contributed by atoms with Gasteiger partial charge in [-0.05, 0) is 30.5 Å². The van der Waals surface area contributed by atoms with Gasteiger partial charge in [0.05, 0.1) is 7.11 Å². The largest absolute Gasteiger partial charge is 0.497 e. The molecule has 2 atom stereocenters. The first-order chi connectivity index (χ1) is 6.79. The third-order valence-electron chi connectivity index (χ3n) is 2.43. The van der Waals surface area contributed by atoms with Gasteiger partial charge < -0.3 is 14.6 Å². The minimum Gasteiger partial charge on any atom is -0.497 e. The van der Waals surface area contributed by atoms with Gasteiger partial charge >= 0.3 is 0 Å². The molecule has 14 heavy (non-hydrogen) atoms. The summed E-state index contributed by atoms with van der Waals surface area (Å²) in [5.74, 6) is 0.872. The van der Waals surface area contributed by atoms with Crippen LogP contribution in [-0.2, 0) is 11.2 Å². The molecular weight excluding hydrogens is 180 g/mol. The van der Waals surface area contributed by atoms with Crippen LogP contribution in [0.3, 0.4) is 0 Å². The van der Waals surface area contributed by atoms with Gasteiger partial charge in [-0.15, -0.1) is 0 Å². The van der Waals surface area contributed by atoms with Gasteiger partial charge in [0.2, 0.25) is 0 Å². The van der Waals surface area contributed by atoms with Crippen molar-refractivity contribution in [3.63, 3.8) is 0 Å². The van der Waals surface area contributed by atoms with E-state index in [0.717, 1.165) is 18.6 Å². The van der Waals surface area contributed by atoms with E-state index in [1.807, 2.05) is 24.3 Å². The Morgan fingerprint density at radius 1 is 1.36 bits per heavy atom. The van der Waals surface area contributed by atoms with Crippen LogP contribution in [0.4, 0.5) is 0 Å². The van der Waals surface area contributed by atoms with Crippen molar-refractivity contribution in [3.8, 4) is 5.75 Å². The number of benzene rings is 1. The van der Waals surface area contributed by atoms with Crippen LogP contribution < -0.4 is 4.74 Å². The molecule has 3 nitrogen and oxygen atoms in total. The fraction of sp³-hybridized carbons (Fsp3) is 0.455. The van der Waals surface area contributed by atoms with Crippen LogP contribution in [0.5, 0.6) is 5.75 Å². The lowest BCUT2D eigenvalue weighted by molar-refractivity contribution is 0.156. The topological polar surface area (TPSA) is 42.0 Å². The molecule has 1 aromatic carbocycles. The van der Waals surface area contributed by atoms with E-state index in [0.29, 0.717) is 0 Å². The van der Waals surface area contributed by atoms with Gasteiger partial charge in [0.1, 0.15) is 11.9 Å². The minimum atomic E-state index is -0.520. The Morgan fingerprint density at radius 3 is 2.50 bits per heavy atom. The number of rotatable bonds is 4. The van der Waals surface area contributed by atoms with Crippen molar-refractivity contribution in [3.05, 3.63) is 29.8 Å². The average Bonchev–Trinajstić information content (AvgIpc) is 2.92. The van der Waals surface area contributed by atoms with Gasteiger partial charge in [0.25, 0.3) is 0 Å². The first-order valence-electron chi connectivity index (χ1n) is 4.76. The van der Waals surface area contributed by atoms with E-state index in [2.05, 4.69) is 0 Å². The summed E-state index contributed by atoms with van der Waals surface area (Å²) < 4.78 is 9.97. The van der Waals surface area contributed by atoms with Crippen LogP contribution in [0.25, 0.3) is 0 Å². The van der Waals surface area contributed by atoms with Gasteiger partial charge in [-0.25, -0.2) is 0 Å². The molecule has 0 radical (unpaired) electrons. The molecule has 0 bridgehead atoms. The third-order valence-corrected chi connectivity index (χ3v) is 2.43. The van der Waals surface area contributed by atoms with Crippen molar-refractivity contribution >= 4 is 0 Å². The zero-order valence-corrected chi connectivity index (χ0v) is 8.14. The second-order valence-corrected chi connectivity index (χ2v) is 3.45. The Bertz CT molecular complexity index is 294. The number of aliphatic hydroxyl groups is 1. The standard InChI is InChI=1S/C11H14O3/c1-13-9-5-2-8(3-6-9)4-7-10-11(12)14-10/h2-3,5-6,10-12H,4,7H2,1H3. The van der Waals surface area contributed by atoms with Crippen molar-refractivity contribution < 1.29 is 14.6 Å². The van der Waals surface area contributed by atoms with Gasteiger partial charge in [-0.3, -0.25) is 0 Å². The minimum absolute atomic E-state index is 0.0529. The number of methoxy groups -OCH3 is 1. The van der Waals surface area contributed by atoms with E-state index in [-0.39, 0.29) is 6.10 Å². The molecule has 0 saturated carbocycles. The first kappa shape index (κ1) is 9.49.